The van der Waals surface area contributed by atoms with Gasteiger partial charge >= 0.3 is 0 Å². The fourth-order valence-electron chi connectivity index (χ4n) is 1.96. The van der Waals surface area contributed by atoms with Crippen LogP contribution in [0.25, 0.3) is 0 Å². The van der Waals surface area contributed by atoms with E-state index in [2.05, 4.69) is 17.2 Å². The van der Waals surface area contributed by atoms with E-state index < -0.39 is 11.6 Å². The number of rotatable bonds is 5. The second-order valence-corrected chi connectivity index (χ2v) is 4.27. The highest BCUT2D eigenvalue weighted by molar-refractivity contribution is 5.21. The van der Waals surface area contributed by atoms with Crippen LogP contribution < -0.4 is 5.32 Å². The molecule has 1 aromatic heterocycles. The highest BCUT2D eigenvalue weighted by atomic mass is 19.1. The molecular formula is C15H16F2N2. The number of hydrogen-bond acceptors (Lipinski definition) is 2. The predicted molar refractivity (Wildman–Crippen MR) is 70.5 cm³/mol. The van der Waals surface area contributed by atoms with Gasteiger partial charge in [0.05, 0.1) is 5.69 Å². The summed E-state index contributed by atoms with van der Waals surface area (Å²) in [7, 11) is 0. The van der Waals surface area contributed by atoms with E-state index in [-0.39, 0.29) is 12.1 Å². The van der Waals surface area contributed by atoms with E-state index in [4.69, 9.17) is 0 Å². The van der Waals surface area contributed by atoms with Crippen molar-refractivity contribution in [3.63, 3.8) is 0 Å². The molecule has 0 spiro atoms. The molecule has 2 nitrogen and oxygen atoms in total. The van der Waals surface area contributed by atoms with E-state index in [0.717, 1.165) is 17.7 Å². The van der Waals surface area contributed by atoms with Gasteiger partial charge in [0.1, 0.15) is 11.6 Å². The Bertz CT molecular complexity index is 535. The van der Waals surface area contributed by atoms with Crippen LogP contribution in [0.2, 0.25) is 0 Å². The second kappa shape index (κ2) is 6.38. The van der Waals surface area contributed by atoms with Crippen molar-refractivity contribution in [3.8, 4) is 0 Å². The van der Waals surface area contributed by atoms with Crippen LogP contribution in [-0.2, 0) is 19.5 Å². The van der Waals surface area contributed by atoms with Crippen molar-refractivity contribution in [2.45, 2.75) is 26.4 Å². The number of nitrogens with one attached hydrogen (secondary N) is 1. The van der Waals surface area contributed by atoms with Gasteiger partial charge in [-0.1, -0.05) is 19.1 Å². The molecule has 4 heteroatoms. The van der Waals surface area contributed by atoms with Crippen molar-refractivity contribution < 1.29 is 8.78 Å². The molecule has 0 aliphatic heterocycles. The molecule has 0 aliphatic carbocycles. The van der Waals surface area contributed by atoms with Gasteiger partial charge in [-0.2, -0.15) is 0 Å². The van der Waals surface area contributed by atoms with E-state index >= 15 is 0 Å². The Morgan fingerprint density at radius 1 is 1.05 bits per heavy atom. The average Bonchev–Trinajstić information content (AvgIpc) is 2.42. The summed E-state index contributed by atoms with van der Waals surface area (Å²) in [5.41, 5.74) is 2.13. The number of pyridine rings is 1. The Morgan fingerprint density at radius 2 is 1.79 bits per heavy atom. The molecule has 2 aromatic rings. The topological polar surface area (TPSA) is 24.9 Å². The third kappa shape index (κ3) is 3.35. The van der Waals surface area contributed by atoms with Crippen molar-refractivity contribution in [1.29, 1.82) is 0 Å². The van der Waals surface area contributed by atoms with Crippen LogP contribution >= 0.6 is 0 Å². The molecule has 1 N–H and O–H groups in total. The standard InChI is InChI=1S/C15H16F2N2/c1-2-11-5-4-8-19-15(11)10-18-9-12-13(16)6-3-7-14(12)17/h3-8,18H,2,9-10H2,1H3. The van der Waals surface area contributed by atoms with Crippen LogP contribution in [0.15, 0.2) is 36.5 Å². The first-order valence-electron chi connectivity index (χ1n) is 6.28. The minimum Gasteiger partial charge on any atom is -0.307 e. The monoisotopic (exact) mass is 262 g/mol. The van der Waals surface area contributed by atoms with Gasteiger partial charge in [-0.05, 0) is 30.2 Å². The summed E-state index contributed by atoms with van der Waals surface area (Å²) in [6, 6.07) is 7.78. The number of aromatic nitrogens is 1. The molecule has 0 radical (unpaired) electrons. The van der Waals surface area contributed by atoms with E-state index in [1.165, 1.54) is 18.2 Å². The Hall–Kier alpha value is -1.81. The number of aryl methyl sites for hydroxylation is 1. The Morgan fingerprint density at radius 3 is 2.47 bits per heavy atom. The molecule has 1 heterocycles. The molecule has 1 aromatic carbocycles. The largest absolute Gasteiger partial charge is 0.307 e. The zero-order valence-corrected chi connectivity index (χ0v) is 10.8. The normalized spacial score (nSPS) is 10.7. The second-order valence-electron chi connectivity index (χ2n) is 4.27. The first kappa shape index (κ1) is 13.6. The fraction of sp³-hybridized carbons (Fsp3) is 0.267. The van der Waals surface area contributed by atoms with Gasteiger partial charge in [-0.25, -0.2) is 8.78 Å². The van der Waals surface area contributed by atoms with Gasteiger partial charge in [-0.15, -0.1) is 0 Å². The molecule has 100 valence electrons. The van der Waals surface area contributed by atoms with Crippen LogP contribution in [0, 0.1) is 11.6 Å². The maximum Gasteiger partial charge on any atom is 0.130 e. The average molecular weight is 262 g/mol. The van der Waals surface area contributed by atoms with Crippen LogP contribution in [0.1, 0.15) is 23.7 Å². The molecule has 0 unspecified atom stereocenters. The van der Waals surface area contributed by atoms with Gasteiger partial charge in [0.15, 0.2) is 0 Å². The first-order chi connectivity index (χ1) is 9.22. The maximum atomic E-state index is 13.4. The van der Waals surface area contributed by atoms with Gasteiger partial charge in [0, 0.05) is 24.8 Å². The lowest BCUT2D eigenvalue weighted by molar-refractivity contribution is 0.533. The summed E-state index contributed by atoms with van der Waals surface area (Å²) in [4.78, 5) is 4.28. The first-order valence-corrected chi connectivity index (χ1v) is 6.28. The zero-order chi connectivity index (χ0) is 13.7. The predicted octanol–water partition coefficient (Wildman–Crippen LogP) is 3.21. The van der Waals surface area contributed by atoms with E-state index in [9.17, 15) is 8.78 Å². The molecule has 0 bridgehead atoms. The van der Waals surface area contributed by atoms with E-state index in [0.29, 0.717) is 6.54 Å². The quantitative estimate of drug-likeness (QED) is 0.895. The molecule has 19 heavy (non-hydrogen) atoms. The summed E-state index contributed by atoms with van der Waals surface area (Å²) in [6.45, 7) is 2.70. The van der Waals surface area contributed by atoms with Crippen molar-refractivity contribution in [1.82, 2.24) is 10.3 Å². The number of halogens is 2. The summed E-state index contributed by atoms with van der Waals surface area (Å²) in [5.74, 6) is -1.05. The maximum absolute atomic E-state index is 13.4. The fourth-order valence-corrected chi connectivity index (χ4v) is 1.96. The number of nitrogens with zero attached hydrogens (tertiary/aromatic N) is 1. The molecule has 0 fully saturated rings. The molecule has 0 atom stereocenters. The highest BCUT2D eigenvalue weighted by Crippen LogP contribution is 2.12. The summed E-state index contributed by atoms with van der Waals surface area (Å²) >= 11 is 0. The minimum absolute atomic E-state index is 0.0662. The molecule has 0 saturated carbocycles. The lowest BCUT2D eigenvalue weighted by atomic mass is 10.1. The van der Waals surface area contributed by atoms with Crippen LogP contribution in [0.3, 0.4) is 0 Å². The third-order valence-electron chi connectivity index (χ3n) is 3.02. The third-order valence-corrected chi connectivity index (χ3v) is 3.02. The Kier molecular flexibility index (Phi) is 4.58. The molecule has 2 rings (SSSR count). The number of hydrogen-bond donors (Lipinski definition) is 1. The Balaban J connectivity index is 2.00. The summed E-state index contributed by atoms with van der Waals surface area (Å²) in [5, 5.41) is 3.03. The highest BCUT2D eigenvalue weighted by Gasteiger charge is 2.08. The van der Waals surface area contributed by atoms with E-state index in [1.54, 1.807) is 6.20 Å². The van der Waals surface area contributed by atoms with Crippen molar-refractivity contribution in [3.05, 3.63) is 65.0 Å². The Labute approximate surface area is 111 Å². The molecule has 0 aliphatic rings. The van der Waals surface area contributed by atoms with E-state index in [1.807, 2.05) is 12.1 Å². The van der Waals surface area contributed by atoms with Gasteiger partial charge < -0.3 is 5.32 Å². The van der Waals surface area contributed by atoms with Crippen LogP contribution in [-0.4, -0.2) is 4.98 Å². The minimum atomic E-state index is -0.524. The zero-order valence-electron chi connectivity index (χ0n) is 10.8. The van der Waals surface area contributed by atoms with Crippen molar-refractivity contribution in [2.24, 2.45) is 0 Å². The number of benzene rings is 1. The molecule has 0 amide bonds. The van der Waals surface area contributed by atoms with Crippen molar-refractivity contribution in [2.75, 3.05) is 0 Å². The van der Waals surface area contributed by atoms with Crippen LogP contribution in [0.5, 0.6) is 0 Å². The van der Waals surface area contributed by atoms with Crippen molar-refractivity contribution >= 4 is 0 Å². The van der Waals surface area contributed by atoms with Gasteiger partial charge in [-0.3, -0.25) is 4.98 Å². The SMILES string of the molecule is CCc1cccnc1CNCc1c(F)cccc1F. The molecular weight excluding hydrogens is 246 g/mol. The summed E-state index contributed by atoms with van der Waals surface area (Å²) < 4.78 is 26.9. The van der Waals surface area contributed by atoms with Gasteiger partial charge in [0.25, 0.3) is 0 Å². The van der Waals surface area contributed by atoms with Crippen LogP contribution in [0.4, 0.5) is 8.78 Å². The smallest absolute Gasteiger partial charge is 0.130 e. The van der Waals surface area contributed by atoms with Gasteiger partial charge in [0.2, 0.25) is 0 Å². The lowest BCUT2D eigenvalue weighted by Crippen LogP contribution is -2.17. The summed E-state index contributed by atoms with van der Waals surface area (Å²) in [6.07, 6.45) is 2.61. The molecule has 0 saturated heterocycles. The lowest BCUT2D eigenvalue weighted by Gasteiger charge is -2.09.